The number of hydrogen-bond acceptors (Lipinski definition) is 4. The maximum atomic E-state index is 12.8. The number of benzene rings is 1. The Labute approximate surface area is 186 Å². The van der Waals surface area contributed by atoms with Gasteiger partial charge in [0.15, 0.2) is 0 Å². The third kappa shape index (κ3) is 3.91. The normalized spacial score (nSPS) is 21.2. The Morgan fingerprint density at radius 2 is 2.00 bits per heavy atom. The summed E-state index contributed by atoms with van der Waals surface area (Å²) in [5.74, 6) is 5.53. The lowest BCUT2D eigenvalue weighted by atomic mass is 9.78. The average Bonchev–Trinajstić information content (AvgIpc) is 2.98. The second-order valence-corrected chi connectivity index (χ2v) is 9.68. The van der Waals surface area contributed by atoms with Crippen LogP contribution in [0.4, 0.5) is 5.69 Å². The monoisotopic (exact) mass is 420 g/mol. The Kier molecular flexibility index (Phi) is 5.98. The predicted octanol–water partition coefficient (Wildman–Crippen LogP) is 4.44. The fourth-order valence-corrected chi connectivity index (χ4v) is 5.52. The first-order valence-corrected chi connectivity index (χ1v) is 11.6. The van der Waals surface area contributed by atoms with Crippen molar-refractivity contribution in [3.8, 4) is 0 Å². The van der Waals surface area contributed by atoms with E-state index in [4.69, 9.17) is 5.84 Å². The molecule has 3 heterocycles. The molecule has 31 heavy (non-hydrogen) atoms. The smallest absolute Gasteiger partial charge is 0.247 e. The summed E-state index contributed by atoms with van der Waals surface area (Å²) >= 11 is 0. The molecule has 3 aliphatic heterocycles. The SMILES string of the molecule is C=C(CCCCCCN1C(=O)C=CC2=C3N(CCC21)c1ccc(C)cc1C3(C)C)NN. The van der Waals surface area contributed by atoms with Crippen LogP contribution in [0.2, 0.25) is 0 Å². The van der Waals surface area contributed by atoms with Crippen molar-refractivity contribution in [2.75, 3.05) is 18.0 Å². The Morgan fingerprint density at radius 1 is 1.23 bits per heavy atom. The fourth-order valence-electron chi connectivity index (χ4n) is 5.52. The van der Waals surface area contributed by atoms with Gasteiger partial charge in [-0.15, -0.1) is 0 Å². The van der Waals surface area contributed by atoms with E-state index in [0.717, 1.165) is 57.3 Å². The van der Waals surface area contributed by atoms with Gasteiger partial charge in [-0.1, -0.05) is 51.0 Å². The zero-order chi connectivity index (χ0) is 22.2. The van der Waals surface area contributed by atoms with Crippen LogP contribution in [0.5, 0.6) is 0 Å². The van der Waals surface area contributed by atoms with Crippen molar-refractivity contribution in [3.05, 3.63) is 65.0 Å². The van der Waals surface area contributed by atoms with E-state index in [0.29, 0.717) is 0 Å². The van der Waals surface area contributed by atoms with Crippen molar-refractivity contribution in [3.63, 3.8) is 0 Å². The average molecular weight is 421 g/mol. The highest BCUT2D eigenvalue weighted by Gasteiger charge is 2.46. The van der Waals surface area contributed by atoms with Gasteiger partial charge in [0.1, 0.15) is 0 Å². The molecule has 0 bridgehead atoms. The van der Waals surface area contributed by atoms with Gasteiger partial charge in [-0.3, -0.25) is 10.6 Å². The van der Waals surface area contributed by atoms with Crippen molar-refractivity contribution in [1.29, 1.82) is 0 Å². The lowest BCUT2D eigenvalue weighted by molar-refractivity contribution is -0.128. The molecule has 0 spiro atoms. The summed E-state index contributed by atoms with van der Waals surface area (Å²) in [7, 11) is 0. The van der Waals surface area contributed by atoms with Crippen LogP contribution in [0.1, 0.15) is 63.5 Å². The number of anilines is 1. The number of nitrogens with zero attached hydrogens (tertiary/aromatic N) is 2. The maximum Gasteiger partial charge on any atom is 0.247 e. The second kappa shape index (κ2) is 8.54. The summed E-state index contributed by atoms with van der Waals surface area (Å²) in [5, 5.41) is 0. The fraction of sp³-hybridized carbons (Fsp3) is 0.500. The molecular weight excluding hydrogens is 384 g/mol. The largest absolute Gasteiger partial charge is 0.344 e. The first kappa shape index (κ1) is 21.7. The number of fused-ring (bicyclic) bond motifs is 4. The van der Waals surface area contributed by atoms with Gasteiger partial charge in [-0.05, 0) is 55.9 Å². The number of carbonyl (C=O) groups is 1. The highest BCUT2D eigenvalue weighted by Crippen LogP contribution is 2.52. The molecular formula is C26H36N4O. The van der Waals surface area contributed by atoms with E-state index in [1.807, 2.05) is 0 Å². The van der Waals surface area contributed by atoms with Crippen molar-refractivity contribution in [2.45, 2.75) is 70.8 Å². The van der Waals surface area contributed by atoms with Crippen LogP contribution in [0, 0.1) is 6.92 Å². The van der Waals surface area contributed by atoms with Crippen LogP contribution in [-0.2, 0) is 10.2 Å². The van der Waals surface area contributed by atoms with Gasteiger partial charge >= 0.3 is 0 Å². The standard InChI is InChI=1S/C26H36N4O/c1-18-10-12-23-21(17-18)26(3,4)25-20-11-13-24(31)29(22(20)14-16-30(23)25)15-8-6-5-7-9-19(2)28-27/h10-13,17,22,28H,2,5-9,14-16,27H2,1,3-4H3. The molecule has 1 unspecified atom stereocenters. The van der Waals surface area contributed by atoms with Gasteiger partial charge in [0.05, 0.1) is 6.04 Å². The molecule has 0 fully saturated rings. The van der Waals surface area contributed by atoms with Crippen molar-refractivity contribution < 1.29 is 4.79 Å². The van der Waals surface area contributed by atoms with Gasteiger partial charge < -0.3 is 15.2 Å². The molecule has 0 saturated heterocycles. The van der Waals surface area contributed by atoms with Crippen molar-refractivity contribution in [1.82, 2.24) is 10.3 Å². The lowest BCUT2D eigenvalue weighted by Gasteiger charge is -2.43. The number of nitrogens with one attached hydrogen (secondary N) is 1. The first-order chi connectivity index (χ1) is 14.8. The summed E-state index contributed by atoms with van der Waals surface area (Å²) in [4.78, 5) is 17.4. The molecule has 1 aromatic rings. The second-order valence-electron chi connectivity index (χ2n) is 9.68. The summed E-state index contributed by atoms with van der Waals surface area (Å²) in [6, 6.07) is 7.00. The summed E-state index contributed by atoms with van der Waals surface area (Å²) in [5.41, 5.74) is 10.2. The molecule has 5 nitrogen and oxygen atoms in total. The van der Waals surface area contributed by atoms with E-state index < -0.39 is 0 Å². The van der Waals surface area contributed by atoms with Gasteiger partial charge in [-0.25, -0.2) is 0 Å². The van der Waals surface area contributed by atoms with E-state index in [1.165, 1.54) is 28.1 Å². The first-order valence-electron chi connectivity index (χ1n) is 11.6. The number of hydrazine groups is 1. The molecule has 3 N–H and O–H groups in total. The molecule has 166 valence electrons. The zero-order valence-electron chi connectivity index (χ0n) is 19.2. The highest BCUT2D eigenvalue weighted by molar-refractivity contribution is 5.91. The van der Waals surface area contributed by atoms with Crippen molar-refractivity contribution >= 4 is 11.6 Å². The Bertz CT molecular complexity index is 943. The number of rotatable bonds is 8. The Morgan fingerprint density at radius 3 is 2.77 bits per heavy atom. The minimum Gasteiger partial charge on any atom is -0.344 e. The van der Waals surface area contributed by atoms with Crippen LogP contribution in [0.15, 0.2) is 53.9 Å². The number of hydrogen-bond donors (Lipinski definition) is 2. The minimum absolute atomic E-state index is 0.0504. The number of amides is 1. The van der Waals surface area contributed by atoms with Crippen LogP contribution in [-0.4, -0.2) is 29.9 Å². The van der Waals surface area contributed by atoms with E-state index in [9.17, 15) is 4.79 Å². The lowest BCUT2D eigenvalue weighted by Crippen LogP contribution is -2.49. The van der Waals surface area contributed by atoms with E-state index in [1.54, 1.807) is 6.08 Å². The van der Waals surface area contributed by atoms with Crippen LogP contribution >= 0.6 is 0 Å². The molecule has 1 atom stereocenters. The predicted molar refractivity (Wildman–Crippen MR) is 127 cm³/mol. The van der Waals surface area contributed by atoms with Crippen molar-refractivity contribution in [2.24, 2.45) is 5.84 Å². The third-order valence-corrected chi connectivity index (χ3v) is 7.13. The van der Waals surface area contributed by atoms with E-state index >= 15 is 0 Å². The van der Waals surface area contributed by atoms with E-state index in [2.05, 4.69) is 66.9 Å². The van der Waals surface area contributed by atoms with Crippen LogP contribution in [0.25, 0.3) is 0 Å². The number of unbranched alkanes of at least 4 members (excludes halogenated alkanes) is 3. The molecule has 0 aliphatic carbocycles. The van der Waals surface area contributed by atoms with Gasteiger partial charge in [0, 0.05) is 41.7 Å². The number of allylic oxidation sites excluding steroid dienone is 2. The molecule has 0 aromatic heterocycles. The quantitative estimate of drug-likeness (QED) is 0.371. The molecule has 3 aliphatic rings. The topological polar surface area (TPSA) is 61.6 Å². The van der Waals surface area contributed by atoms with Crippen LogP contribution < -0.4 is 16.2 Å². The Balaban J connectivity index is 1.50. The zero-order valence-corrected chi connectivity index (χ0v) is 19.2. The van der Waals surface area contributed by atoms with Crippen LogP contribution in [0.3, 0.4) is 0 Å². The van der Waals surface area contributed by atoms with E-state index in [-0.39, 0.29) is 17.4 Å². The summed E-state index contributed by atoms with van der Waals surface area (Å²) < 4.78 is 0. The highest BCUT2D eigenvalue weighted by atomic mass is 16.2. The Hall–Kier alpha value is -2.53. The van der Waals surface area contributed by atoms with Gasteiger partial charge in [0.25, 0.3) is 0 Å². The number of aryl methyl sites for hydroxylation is 1. The molecule has 0 saturated carbocycles. The minimum atomic E-state index is -0.0504. The number of carbonyl (C=O) groups excluding carboxylic acids is 1. The molecule has 5 heteroatoms. The molecule has 0 radical (unpaired) electrons. The van der Waals surface area contributed by atoms with Gasteiger partial charge in [0.2, 0.25) is 5.91 Å². The summed E-state index contributed by atoms with van der Waals surface area (Å²) in [6.45, 7) is 12.5. The molecule has 4 rings (SSSR count). The maximum absolute atomic E-state index is 12.8. The molecule has 1 amide bonds. The molecule has 1 aromatic carbocycles. The number of nitrogens with two attached hydrogens (primary N) is 1. The third-order valence-electron chi connectivity index (χ3n) is 7.13. The van der Waals surface area contributed by atoms with Gasteiger partial charge in [-0.2, -0.15) is 0 Å². The summed E-state index contributed by atoms with van der Waals surface area (Å²) in [6.07, 6.45) is 10.1.